The summed E-state index contributed by atoms with van der Waals surface area (Å²) in [5.74, 6) is 1.32. The molecule has 1 amide bonds. The number of thiazole rings is 1. The van der Waals surface area contributed by atoms with Gasteiger partial charge in [0.05, 0.1) is 17.8 Å². The highest BCUT2D eigenvalue weighted by molar-refractivity contribution is 7.13. The van der Waals surface area contributed by atoms with E-state index >= 15 is 0 Å². The Bertz CT molecular complexity index is 1250. The normalized spacial score (nSPS) is 16.1. The fraction of sp³-hybridized carbons (Fsp3) is 0.238. The predicted octanol–water partition coefficient (Wildman–Crippen LogP) is 3.08. The van der Waals surface area contributed by atoms with Gasteiger partial charge in [-0.25, -0.2) is 15.0 Å². The maximum Gasteiger partial charge on any atom is 0.229 e. The Morgan fingerprint density at radius 3 is 2.68 bits per heavy atom. The van der Waals surface area contributed by atoms with E-state index in [2.05, 4.69) is 25.4 Å². The van der Waals surface area contributed by atoms with Crippen LogP contribution in [0, 0.1) is 0 Å². The highest BCUT2D eigenvalue weighted by Gasteiger charge is 2.30. The number of hydrogen-bond acceptors (Lipinski definition) is 8. The third kappa shape index (κ3) is 3.77. The van der Waals surface area contributed by atoms with Gasteiger partial charge in [0.25, 0.3) is 0 Å². The van der Waals surface area contributed by atoms with Crippen molar-refractivity contribution >= 4 is 29.0 Å². The van der Waals surface area contributed by atoms with Gasteiger partial charge in [-0.3, -0.25) is 14.5 Å². The minimum absolute atomic E-state index is 0.104. The van der Waals surface area contributed by atoms with Crippen molar-refractivity contribution in [1.82, 2.24) is 34.6 Å². The van der Waals surface area contributed by atoms with E-state index in [1.165, 1.54) is 11.3 Å². The molecule has 5 rings (SSSR count). The number of nitrogens with one attached hydrogen (secondary N) is 1. The number of aromatic nitrogens is 6. The number of carbonyl (C=O) groups is 1. The number of aryl methyl sites for hydroxylation is 1. The minimum atomic E-state index is -0.104. The molecule has 1 aliphatic heterocycles. The number of hydrogen-bond donors (Lipinski definition) is 1. The lowest BCUT2D eigenvalue weighted by atomic mass is 9.98. The molecule has 1 N–H and O–H groups in total. The first kappa shape index (κ1) is 19.3. The first-order chi connectivity index (χ1) is 15.1. The SMILES string of the molecule is CN1CCC(c2ccnc(-c3csc(-c4ccnc(Nc5ccnn5C)n4)n3)c2)C1=O. The molecule has 1 fully saturated rings. The van der Waals surface area contributed by atoms with Crippen LogP contribution in [-0.4, -0.2) is 54.1 Å². The first-order valence-electron chi connectivity index (χ1n) is 9.84. The molecule has 1 unspecified atom stereocenters. The number of pyridine rings is 1. The molecule has 31 heavy (non-hydrogen) atoms. The number of likely N-dealkylation sites (N-methyl/N-ethyl adjacent to an activating group) is 1. The number of anilines is 2. The number of likely N-dealkylation sites (tertiary alicyclic amines) is 1. The van der Waals surface area contributed by atoms with Crippen LogP contribution in [0.15, 0.2) is 48.2 Å². The molecule has 0 aromatic carbocycles. The van der Waals surface area contributed by atoms with E-state index in [4.69, 9.17) is 4.98 Å². The lowest BCUT2D eigenvalue weighted by Gasteiger charge is -2.11. The molecule has 0 saturated carbocycles. The quantitative estimate of drug-likeness (QED) is 0.517. The molecule has 0 bridgehead atoms. The van der Waals surface area contributed by atoms with E-state index in [1.54, 1.807) is 28.2 Å². The summed E-state index contributed by atoms with van der Waals surface area (Å²) in [4.78, 5) is 32.2. The molecule has 10 heteroatoms. The van der Waals surface area contributed by atoms with Crippen molar-refractivity contribution in [2.75, 3.05) is 18.9 Å². The second kappa shape index (κ2) is 7.88. The van der Waals surface area contributed by atoms with Gasteiger partial charge >= 0.3 is 0 Å². The van der Waals surface area contributed by atoms with Gasteiger partial charge in [0.2, 0.25) is 11.9 Å². The number of nitrogens with zero attached hydrogens (tertiary/aromatic N) is 7. The smallest absolute Gasteiger partial charge is 0.229 e. The van der Waals surface area contributed by atoms with Gasteiger partial charge < -0.3 is 10.2 Å². The number of carbonyl (C=O) groups excluding carboxylic acids is 1. The van der Waals surface area contributed by atoms with Crippen LogP contribution >= 0.6 is 11.3 Å². The van der Waals surface area contributed by atoms with Crippen LogP contribution in [0.3, 0.4) is 0 Å². The zero-order valence-corrected chi connectivity index (χ0v) is 17.9. The van der Waals surface area contributed by atoms with Crippen LogP contribution in [0.25, 0.3) is 22.1 Å². The van der Waals surface area contributed by atoms with Crippen LogP contribution in [-0.2, 0) is 11.8 Å². The Labute approximate surface area is 182 Å². The average Bonchev–Trinajstić information content (AvgIpc) is 3.51. The second-order valence-electron chi connectivity index (χ2n) is 7.34. The van der Waals surface area contributed by atoms with Crippen LogP contribution in [0.4, 0.5) is 11.8 Å². The van der Waals surface area contributed by atoms with Crippen molar-refractivity contribution in [2.45, 2.75) is 12.3 Å². The van der Waals surface area contributed by atoms with E-state index in [9.17, 15) is 4.79 Å². The van der Waals surface area contributed by atoms with E-state index in [0.717, 1.165) is 46.4 Å². The molecular weight excluding hydrogens is 412 g/mol. The molecule has 156 valence electrons. The molecule has 0 spiro atoms. The molecule has 9 nitrogen and oxygen atoms in total. The largest absolute Gasteiger partial charge is 0.345 e. The fourth-order valence-corrected chi connectivity index (χ4v) is 4.38. The third-order valence-electron chi connectivity index (χ3n) is 5.32. The van der Waals surface area contributed by atoms with Gasteiger partial charge in [-0.15, -0.1) is 11.3 Å². The summed E-state index contributed by atoms with van der Waals surface area (Å²) in [6.45, 7) is 0.783. The van der Waals surface area contributed by atoms with Crippen LogP contribution in [0.1, 0.15) is 17.9 Å². The third-order valence-corrected chi connectivity index (χ3v) is 6.18. The van der Waals surface area contributed by atoms with Crippen molar-refractivity contribution in [3.05, 3.63) is 53.8 Å². The van der Waals surface area contributed by atoms with Crippen molar-refractivity contribution < 1.29 is 4.79 Å². The lowest BCUT2D eigenvalue weighted by Crippen LogP contribution is -2.21. The summed E-state index contributed by atoms with van der Waals surface area (Å²) < 4.78 is 1.71. The van der Waals surface area contributed by atoms with Gasteiger partial charge in [0, 0.05) is 44.5 Å². The Morgan fingerprint density at radius 2 is 1.90 bits per heavy atom. The average molecular weight is 433 g/mol. The number of amides is 1. The maximum atomic E-state index is 12.4. The van der Waals surface area contributed by atoms with Gasteiger partial charge in [-0.05, 0) is 30.2 Å². The Kier molecular flexibility index (Phi) is 4.91. The molecule has 4 aromatic heterocycles. The summed E-state index contributed by atoms with van der Waals surface area (Å²) >= 11 is 1.49. The maximum absolute atomic E-state index is 12.4. The predicted molar refractivity (Wildman–Crippen MR) is 118 cm³/mol. The van der Waals surface area contributed by atoms with Crippen molar-refractivity contribution in [3.8, 4) is 22.1 Å². The van der Waals surface area contributed by atoms with Gasteiger partial charge in [0.15, 0.2) is 0 Å². The van der Waals surface area contributed by atoms with E-state index in [0.29, 0.717) is 5.95 Å². The van der Waals surface area contributed by atoms with Gasteiger partial charge in [0.1, 0.15) is 22.2 Å². The van der Waals surface area contributed by atoms with Crippen molar-refractivity contribution in [1.29, 1.82) is 0 Å². The molecule has 1 saturated heterocycles. The van der Waals surface area contributed by atoms with Crippen LogP contribution in [0.2, 0.25) is 0 Å². The zero-order chi connectivity index (χ0) is 21.4. The fourth-order valence-electron chi connectivity index (χ4n) is 3.59. The minimum Gasteiger partial charge on any atom is -0.345 e. The van der Waals surface area contributed by atoms with Gasteiger partial charge in [-0.2, -0.15) is 5.10 Å². The zero-order valence-electron chi connectivity index (χ0n) is 17.1. The molecule has 4 aromatic rings. The van der Waals surface area contributed by atoms with Crippen molar-refractivity contribution in [2.24, 2.45) is 7.05 Å². The molecule has 1 aliphatic rings. The summed E-state index contributed by atoms with van der Waals surface area (Å²) in [6, 6.07) is 7.56. The Balaban J connectivity index is 1.40. The summed E-state index contributed by atoms with van der Waals surface area (Å²) in [5, 5.41) is 10.0. The molecular formula is C21H20N8OS. The summed E-state index contributed by atoms with van der Waals surface area (Å²) in [7, 11) is 3.69. The molecule has 1 atom stereocenters. The van der Waals surface area contributed by atoms with Crippen LogP contribution in [0.5, 0.6) is 0 Å². The lowest BCUT2D eigenvalue weighted by molar-refractivity contribution is -0.127. The van der Waals surface area contributed by atoms with Gasteiger partial charge in [-0.1, -0.05) is 0 Å². The molecule has 0 aliphatic carbocycles. The summed E-state index contributed by atoms with van der Waals surface area (Å²) in [6.07, 6.45) is 5.98. The monoisotopic (exact) mass is 432 g/mol. The highest BCUT2D eigenvalue weighted by atomic mass is 32.1. The molecule has 5 heterocycles. The van der Waals surface area contributed by atoms with Crippen molar-refractivity contribution in [3.63, 3.8) is 0 Å². The van der Waals surface area contributed by atoms with E-state index < -0.39 is 0 Å². The number of rotatable bonds is 5. The Morgan fingerprint density at radius 1 is 1.03 bits per heavy atom. The summed E-state index contributed by atoms with van der Waals surface area (Å²) in [5.41, 5.74) is 3.23. The first-order valence-corrected chi connectivity index (χ1v) is 10.7. The standard InChI is InChI=1S/C21H20N8OS/c1-28-10-6-14(20(28)30)13-3-7-22-16(11-13)17-12-31-19(25-17)15-4-8-23-21(26-15)27-18-5-9-24-29(18)2/h3-5,7-9,11-12,14H,6,10H2,1-2H3,(H,23,26,27). The second-order valence-corrected chi connectivity index (χ2v) is 8.20. The topological polar surface area (TPSA) is 102 Å². The highest BCUT2D eigenvalue weighted by Crippen LogP contribution is 2.31. The molecule has 0 radical (unpaired) electrons. The van der Waals surface area contributed by atoms with E-state index in [1.807, 2.05) is 43.7 Å². The van der Waals surface area contributed by atoms with Crippen LogP contribution < -0.4 is 5.32 Å². The van der Waals surface area contributed by atoms with E-state index in [-0.39, 0.29) is 11.8 Å². The Hall–Kier alpha value is -3.66.